The van der Waals surface area contributed by atoms with E-state index in [1.807, 2.05) is 11.6 Å². The highest BCUT2D eigenvalue weighted by Crippen LogP contribution is 2.48. The first-order chi connectivity index (χ1) is 9.77. The average molecular weight is 358 g/mol. The molecule has 2 atom stereocenters. The first-order valence-corrected chi connectivity index (χ1v) is 8.66. The van der Waals surface area contributed by atoms with Crippen LogP contribution in [0.3, 0.4) is 0 Å². The van der Waals surface area contributed by atoms with Crippen LogP contribution in [0.2, 0.25) is 0 Å². The van der Waals surface area contributed by atoms with Crippen LogP contribution in [-0.4, -0.2) is 27.5 Å². The van der Waals surface area contributed by atoms with Crippen molar-refractivity contribution in [2.24, 2.45) is 16.6 Å². The van der Waals surface area contributed by atoms with Crippen LogP contribution in [0.1, 0.15) is 51.4 Å². The van der Waals surface area contributed by atoms with Gasteiger partial charge in [0.25, 0.3) is 0 Å². The summed E-state index contributed by atoms with van der Waals surface area (Å²) in [5.41, 5.74) is 7.99. The number of aliphatic hydroxyl groups is 1. The van der Waals surface area contributed by atoms with Gasteiger partial charge in [0.1, 0.15) is 0 Å². The van der Waals surface area contributed by atoms with Gasteiger partial charge in [0.15, 0.2) is 0 Å². The lowest BCUT2D eigenvalue weighted by atomic mass is 9.59. The van der Waals surface area contributed by atoms with Gasteiger partial charge in [-0.15, -0.1) is 0 Å². The summed E-state index contributed by atoms with van der Waals surface area (Å²) in [5.74, 6) is 0. The number of nitrogens with zero attached hydrogens (tertiary/aromatic N) is 2. The van der Waals surface area contributed by atoms with Crippen LogP contribution >= 0.6 is 15.9 Å². The molecule has 0 amide bonds. The fourth-order valence-electron chi connectivity index (χ4n) is 3.84. The molecule has 1 saturated carbocycles. The van der Waals surface area contributed by atoms with E-state index < -0.39 is 0 Å². The summed E-state index contributed by atoms with van der Waals surface area (Å²) in [6.07, 6.45) is 3.57. The molecule has 0 saturated heterocycles. The highest BCUT2D eigenvalue weighted by molar-refractivity contribution is 9.10. The molecule has 2 rings (SSSR count). The first kappa shape index (κ1) is 17.0. The van der Waals surface area contributed by atoms with Gasteiger partial charge in [-0.25, -0.2) is 0 Å². The number of nitrogens with two attached hydrogens (primary N) is 1. The summed E-state index contributed by atoms with van der Waals surface area (Å²) in [6, 6.07) is 0. The normalized spacial score (nSPS) is 28.8. The minimum absolute atomic E-state index is 0.0732. The molecule has 3 N–H and O–H groups in total. The third-order valence-electron chi connectivity index (χ3n) is 5.19. The fourth-order valence-corrected chi connectivity index (χ4v) is 4.26. The van der Waals surface area contributed by atoms with Crippen molar-refractivity contribution in [1.29, 1.82) is 0 Å². The minimum atomic E-state index is -0.379. The average Bonchev–Trinajstić information content (AvgIpc) is 2.71. The van der Waals surface area contributed by atoms with Crippen LogP contribution in [0.15, 0.2) is 4.47 Å². The molecule has 1 aliphatic rings. The molecule has 120 valence electrons. The zero-order valence-electron chi connectivity index (χ0n) is 13.6. The highest BCUT2D eigenvalue weighted by Gasteiger charge is 2.48. The van der Waals surface area contributed by atoms with E-state index in [1.54, 1.807) is 0 Å². The third-order valence-corrected chi connectivity index (χ3v) is 6.23. The third kappa shape index (κ3) is 2.92. The number of hydrogen-bond donors (Lipinski definition) is 2. The lowest BCUT2D eigenvalue weighted by Crippen LogP contribution is -2.53. The molecular weight excluding hydrogens is 330 g/mol. The molecule has 1 fully saturated rings. The molecule has 1 aliphatic carbocycles. The van der Waals surface area contributed by atoms with Crippen LogP contribution in [0.25, 0.3) is 0 Å². The maximum atomic E-state index is 10.9. The molecule has 0 aliphatic heterocycles. The van der Waals surface area contributed by atoms with Gasteiger partial charge in [0.05, 0.1) is 22.0 Å². The van der Waals surface area contributed by atoms with Crippen molar-refractivity contribution in [3.63, 3.8) is 0 Å². The number of hydrogen-bond acceptors (Lipinski definition) is 3. The van der Waals surface area contributed by atoms with E-state index in [1.165, 1.54) is 0 Å². The van der Waals surface area contributed by atoms with Gasteiger partial charge in [0, 0.05) is 18.5 Å². The monoisotopic (exact) mass is 357 g/mol. The maximum absolute atomic E-state index is 10.9. The second-order valence-electron chi connectivity index (χ2n) is 7.15. The van der Waals surface area contributed by atoms with E-state index in [9.17, 15) is 5.11 Å². The smallest absolute Gasteiger partial charge is 0.0738 e. The summed E-state index contributed by atoms with van der Waals surface area (Å²) in [5, 5.41) is 15.5. The number of rotatable bonds is 4. The van der Waals surface area contributed by atoms with Gasteiger partial charge in [-0.05, 0) is 54.5 Å². The van der Waals surface area contributed by atoms with Crippen molar-refractivity contribution in [2.75, 3.05) is 6.54 Å². The number of aliphatic hydroxyl groups excluding tert-OH is 1. The lowest BCUT2D eigenvalue weighted by Gasteiger charge is -2.49. The Bertz CT molecular complexity index is 512. The van der Waals surface area contributed by atoms with Crippen molar-refractivity contribution < 1.29 is 5.11 Å². The molecule has 5 heteroatoms. The Hall–Kier alpha value is -0.390. The zero-order chi connectivity index (χ0) is 15.8. The molecule has 1 aromatic rings. The Morgan fingerprint density at radius 3 is 2.67 bits per heavy atom. The molecule has 0 spiro atoms. The van der Waals surface area contributed by atoms with E-state index >= 15 is 0 Å². The standard InChI is InChI=1S/C16H28BrN3O/c1-5-20-12(13(17)11(2)19-20)9-16(10-18)8-6-7-15(3,4)14(16)21/h14,21H,5-10,18H2,1-4H3. The van der Waals surface area contributed by atoms with Crippen LogP contribution in [0.5, 0.6) is 0 Å². The Morgan fingerprint density at radius 2 is 2.10 bits per heavy atom. The van der Waals surface area contributed by atoms with Crippen LogP contribution in [0, 0.1) is 17.8 Å². The van der Waals surface area contributed by atoms with Crippen LogP contribution < -0.4 is 5.73 Å². The van der Waals surface area contributed by atoms with Crippen molar-refractivity contribution >= 4 is 15.9 Å². The molecule has 0 radical (unpaired) electrons. The molecule has 0 bridgehead atoms. The zero-order valence-corrected chi connectivity index (χ0v) is 15.2. The molecule has 1 heterocycles. The van der Waals surface area contributed by atoms with Gasteiger partial charge in [0.2, 0.25) is 0 Å². The van der Waals surface area contributed by atoms with E-state index in [4.69, 9.17) is 5.73 Å². The quantitative estimate of drug-likeness (QED) is 0.870. The van der Waals surface area contributed by atoms with Crippen molar-refractivity contribution in [3.8, 4) is 0 Å². The van der Waals surface area contributed by atoms with E-state index in [-0.39, 0.29) is 16.9 Å². The molecule has 1 aromatic heterocycles. The van der Waals surface area contributed by atoms with Crippen molar-refractivity contribution in [1.82, 2.24) is 9.78 Å². The summed E-state index contributed by atoms with van der Waals surface area (Å²) in [6.45, 7) is 9.76. The SMILES string of the molecule is CCn1nc(C)c(Br)c1CC1(CN)CCCC(C)(C)C1O. The van der Waals surface area contributed by atoms with Gasteiger partial charge in [-0.2, -0.15) is 5.10 Å². The fraction of sp³-hybridized carbons (Fsp3) is 0.812. The van der Waals surface area contributed by atoms with E-state index in [0.29, 0.717) is 6.54 Å². The van der Waals surface area contributed by atoms with Crippen LogP contribution in [-0.2, 0) is 13.0 Å². The summed E-state index contributed by atoms with van der Waals surface area (Å²) in [4.78, 5) is 0. The molecule has 2 unspecified atom stereocenters. The molecular formula is C16H28BrN3O. The van der Waals surface area contributed by atoms with E-state index in [0.717, 1.165) is 48.1 Å². The van der Waals surface area contributed by atoms with Gasteiger partial charge < -0.3 is 10.8 Å². The lowest BCUT2D eigenvalue weighted by molar-refractivity contribution is -0.0892. The minimum Gasteiger partial charge on any atom is -0.392 e. The Kier molecular flexibility index (Phi) is 4.86. The number of aryl methyl sites for hydroxylation is 2. The Labute approximate surface area is 136 Å². The molecule has 21 heavy (non-hydrogen) atoms. The molecule has 4 nitrogen and oxygen atoms in total. The second kappa shape index (κ2) is 6.01. The maximum Gasteiger partial charge on any atom is 0.0738 e. The van der Waals surface area contributed by atoms with Gasteiger partial charge >= 0.3 is 0 Å². The first-order valence-electron chi connectivity index (χ1n) is 7.87. The van der Waals surface area contributed by atoms with Crippen molar-refractivity contribution in [3.05, 3.63) is 15.9 Å². The predicted octanol–water partition coefficient (Wildman–Crippen LogP) is 3.03. The predicted molar refractivity (Wildman–Crippen MR) is 89.2 cm³/mol. The van der Waals surface area contributed by atoms with Gasteiger partial charge in [-0.3, -0.25) is 4.68 Å². The number of aromatic nitrogens is 2. The summed E-state index contributed by atoms with van der Waals surface area (Å²) in [7, 11) is 0. The van der Waals surface area contributed by atoms with Gasteiger partial charge in [-0.1, -0.05) is 20.3 Å². The van der Waals surface area contributed by atoms with E-state index in [2.05, 4.69) is 41.8 Å². The largest absolute Gasteiger partial charge is 0.392 e. The highest BCUT2D eigenvalue weighted by atomic mass is 79.9. The Balaban J connectivity index is 2.39. The summed E-state index contributed by atoms with van der Waals surface area (Å²) < 4.78 is 3.10. The Morgan fingerprint density at radius 1 is 1.43 bits per heavy atom. The van der Waals surface area contributed by atoms with Crippen LogP contribution in [0.4, 0.5) is 0 Å². The van der Waals surface area contributed by atoms with Crippen molar-refractivity contribution in [2.45, 2.75) is 66.0 Å². The summed E-state index contributed by atoms with van der Waals surface area (Å²) >= 11 is 3.66. The second-order valence-corrected chi connectivity index (χ2v) is 7.94. The topological polar surface area (TPSA) is 64.1 Å². The number of halogens is 1. The molecule has 0 aromatic carbocycles.